The van der Waals surface area contributed by atoms with Crippen LogP contribution in [0.1, 0.15) is 65.5 Å². The van der Waals surface area contributed by atoms with Crippen LogP contribution in [0.15, 0.2) is 21.9 Å². The summed E-state index contributed by atoms with van der Waals surface area (Å²) in [5, 5.41) is 25.6. The number of carboxylic acid groups (broad SMARTS) is 1. The summed E-state index contributed by atoms with van der Waals surface area (Å²) in [7, 11) is 0. The van der Waals surface area contributed by atoms with E-state index in [9.17, 15) is 31.1 Å². The van der Waals surface area contributed by atoms with Crippen molar-refractivity contribution in [3.8, 4) is 10.8 Å². The van der Waals surface area contributed by atoms with Crippen LogP contribution in [0, 0.1) is 0 Å². The van der Waals surface area contributed by atoms with Crippen molar-refractivity contribution >= 4 is 17.3 Å². The second kappa shape index (κ2) is 11.3. The summed E-state index contributed by atoms with van der Waals surface area (Å²) in [4.78, 5) is 11.4. The van der Waals surface area contributed by atoms with E-state index in [1.807, 2.05) is 17.5 Å². The first-order valence-corrected chi connectivity index (χ1v) is 13.7. The van der Waals surface area contributed by atoms with E-state index >= 15 is 0 Å². The van der Waals surface area contributed by atoms with Gasteiger partial charge in [-0.05, 0) is 62.8 Å². The monoisotopic (exact) mass is 602 g/mol. The van der Waals surface area contributed by atoms with Crippen molar-refractivity contribution in [2.45, 2.75) is 76.8 Å². The molecule has 0 fully saturated rings. The van der Waals surface area contributed by atoms with Crippen molar-refractivity contribution in [1.82, 2.24) is 29.8 Å². The number of halogens is 6. The lowest BCUT2D eigenvalue weighted by molar-refractivity contribution is -0.143. The fraction of sp³-hybridized carbons (Fsp3) is 0.480. The van der Waals surface area contributed by atoms with Gasteiger partial charge in [0.1, 0.15) is 13.1 Å². The molecule has 4 aromatic rings. The molecule has 0 saturated heterocycles. The number of aliphatic carboxylic acids is 1. The van der Waals surface area contributed by atoms with Gasteiger partial charge in [-0.3, -0.25) is 14.2 Å². The molecule has 0 amide bonds. The quantitative estimate of drug-likeness (QED) is 0.287. The third-order valence-electron chi connectivity index (χ3n) is 6.82. The summed E-state index contributed by atoms with van der Waals surface area (Å²) in [6, 6.07) is 3.71. The molecule has 4 aromatic heterocycles. The molecule has 9 nitrogen and oxygen atoms in total. The van der Waals surface area contributed by atoms with Crippen LogP contribution in [0.2, 0.25) is 0 Å². The first-order valence-electron chi connectivity index (χ1n) is 12.8. The third-order valence-corrected chi connectivity index (χ3v) is 7.68. The Hall–Kier alpha value is -3.69. The Morgan fingerprint density at radius 1 is 0.878 bits per heavy atom. The van der Waals surface area contributed by atoms with Crippen LogP contribution in [0.5, 0.6) is 0 Å². The molecule has 0 bridgehead atoms. The molecular formula is C25H24F6N6O3S. The number of carbonyl (C=O) groups is 1. The maximum atomic E-state index is 13.2. The average Bonchev–Trinajstić information content (AvgIpc) is 3.70. The summed E-state index contributed by atoms with van der Waals surface area (Å²) < 4.78 is 85.6. The highest BCUT2D eigenvalue weighted by atomic mass is 32.1. The maximum Gasteiger partial charge on any atom is 0.435 e. The number of hydrogen-bond donors (Lipinski definition) is 1. The number of fused-ring (bicyclic) bond motifs is 2. The van der Waals surface area contributed by atoms with Crippen LogP contribution in [-0.4, -0.2) is 40.8 Å². The van der Waals surface area contributed by atoms with Crippen LogP contribution < -0.4 is 0 Å². The van der Waals surface area contributed by atoms with Gasteiger partial charge in [-0.2, -0.15) is 36.5 Å². The fourth-order valence-electron chi connectivity index (χ4n) is 5.13. The van der Waals surface area contributed by atoms with Gasteiger partial charge < -0.3 is 9.52 Å². The van der Waals surface area contributed by atoms with Gasteiger partial charge in [-0.15, -0.1) is 21.5 Å². The molecule has 6 rings (SSSR count). The smallest absolute Gasteiger partial charge is 0.435 e. The highest BCUT2D eigenvalue weighted by Crippen LogP contribution is 2.37. The van der Waals surface area contributed by atoms with E-state index < -0.39 is 36.3 Å². The molecule has 1 N–H and O–H groups in total. The molecule has 16 heteroatoms. The molecule has 220 valence electrons. The van der Waals surface area contributed by atoms with Crippen molar-refractivity contribution in [2.75, 3.05) is 0 Å². The Labute approximate surface area is 232 Å². The molecule has 0 unspecified atom stereocenters. The second-order valence-electron chi connectivity index (χ2n) is 9.64. The topological polar surface area (TPSA) is 112 Å². The van der Waals surface area contributed by atoms with E-state index in [-0.39, 0.29) is 18.0 Å². The Balaban J connectivity index is 0.000000175. The second-order valence-corrected chi connectivity index (χ2v) is 10.6. The zero-order chi connectivity index (χ0) is 29.4. The first kappa shape index (κ1) is 28.8. The average molecular weight is 603 g/mol. The maximum absolute atomic E-state index is 13.2. The number of rotatable bonds is 5. The van der Waals surface area contributed by atoms with Crippen molar-refractivity contribution < 1.29 is 40.7 Å². The van der Waals surface area contributed by atoms with Crippen molar-refractivity contribution in [1.29, 1.82) is 0 Å². The van der Waals surface area contributed by atoms with Crippen LogP contribution in [0.3, 0.4) is 0 Å². The molecule has 0 aliphatic heterocycles. The number of carboxylic acids is 1. The third kappa shape index (κ3) is 6.31. The first-order chi connectivity index (χ1) is 19.4. The predicted octanol–water partition coefficient (Wildman–Crippen LogP) is 5.81. The fourth-order valence-corrected chi connectivity index (χ4v) is 5.78. The molecule has 0 radical (unpaired) electrons. The zero-order valence-corrected chi connectivity index (χ0v) is 22.2. The summed E-state index contributed by atoms with van der Waals surface area (Å²) in [6.07, 6.45) is -4.08. The van der Waals surface area contributed by atoms with Crippen LogP contribution in [0.4, 0.5) is 26.3 Å². The van der Waals surface area contributed by atoms with Gasteiger partial charge in [0.25, 0.3) is 5.89 Å². The SMILES string of the molecule is FC(F)(F)c1nn(Cc2nnc(-c3cccs3)o2)c2c1CCCC2.O=C(O)Cn1nc(C(F)(F)F)c2c1CCCC2. The lowest BCUT2D eigenvalue weighted by atomic mass is 9.95. The van der Waals surface area contributed by atoms with Crippen LogP contribution in [0.25, 0.3) is 10.8 Å². The summed E-state index contributed by atoms with van der Waals surface area (Å²) in [5.74, 6) is -0.560. The molecule has 41 heavy (non-hydrogen) atoms. The minimum atomic E-state index is -4.51. The molecule has 4 heterocycles. The number of hydrogen-bond acceptors (Lipinski definition) is 7. The van der Waals surface area contributed by atoms with Gasteiger partial charge in [0.05, 0.1) is 4.88 Å². The molecule has 0 atom stereocenters. The van der Waals surface area contributed by atoms with Gasteiger partial charge in [0.2, 0.25) is 5.89 Å². The van der Waals surface area contributed by atoms with Gasteiger partial charge in [-0.25, -0.2) is 0 Å². The molecular weight excluding hydrogens is 578 g/mol. The zero-order valence-electron chi connectivity index (χ0n) is 21.4. The number of nitrogens with zero attached hydrogens (tertiary/aromatic N) is 6. The summed E-state index contributed by atoms with van der Waals surface area (Å²) >= 11 is 1.46. The normalized spacial score (nSPS) is 15.2. The molecule has 0 aromatic carbocycles. The minimum absolute atomic E-state index is 0.0524. The van der Waals surface area contributed by atoms with Crippen molar-refractivity contribution in [3.63, 3.8) is 0 Å². The van der Waals surface area contributed by atoms with E-state index in [1.54, 1.807) is 0 Å². The van der Waals surface area contributed by atoms with E-state index in [0.29, 0.717) is 54.9 Å². The van der Waals surface area contributed by atoms with E-state index in [0.717, 1.165) is 28.8 Å². The summed E-state index contributed by atoms with van der Waals surface area (Å²) in [6.45, 7) is -0.463. The Bertz CT molecular complexity index is 1520. The standard InChI is InChI=1S/C15H13F3N4OS.C10H11F3N2O2/c16-15(17,18)13-9-4-1-2-5-10(9)22(21-13)8-12-19-20-14(23-12)11-6-3-7-24-11;11-10(12,13)9-6-3-1-2-4-7(6)15(14-9)5-8(16)17/h3,6-7H,1-2,4-5,8H2;1-5H2,(H,16,17). The van der Waals surface area contributed by atoms with Gasteiger partial charge in [-0.1, -0.05) is 6.07 Å². The largest absolute Gasteiger partial charge is 0.480 e. The van der Waals surface area contributed by atoms with Gasteiger partial charge in [0.15, 0.2) is 11.4 Å². The van der Waals surface area contributed by atoms with Crippen LogP contribution in [-0.2, 0) is 55.9 Å². The molecule has 2 aliphatic carbocycles. The lowest BCUT2D eigenvalue weighted by Gasteiger charge is -2.14. The molecule has 2 aliphatic rings. The highest BCUT2D eigenvalue weighted by Gasteiger charge is 2.40. The summed E-state index contributed by atoms with van der Waals surface area (Å²) in [5.41, 5.74) is -0.171. The van der Waals surface area contributed by atoms with E-state index in [1.165, 1.54) is 16.0 Å². The number of aromatic nitrogens is 6. The van der Waals surface area contributed by atoms with Gasteiger partial charge >= 0.3 is 18.3 Å². The Morgan fingerprint density at radius 3 is 1.98 bits per heavy atom. The minimum Gasteiger partial charge on any atom is -0.480 e. The number of alkyl halides is 6. The van der Waals surface area contributed by atoms with Crippen molar-refractivity contribution in [2.24, 2.45) is 0 Å². The van der Waals surface area contributed by atoms with E-state index in [2.05, 4.69) is 20.4 Å². The molecule has 0 saturated carbocycles. The number of thiophene rings is 1. The Kier molecular flexibility index (Phi) is 7.94. The Morgan fingerprint density at radius 2 is 1.44 bits per heavy atom. The van der Waals surface area contributed by atoms with Crippen molar-refractivity contribution in [3.05, 3.63) is 57.3 Å². The van der Waals surface area contributed by atoms with Crippen LogP contribution >= 0.6 is 11.3 Å². The lowest BCUT2D eigenvalue weighted by Crippen LogP contribution is -2.15. The van der Waals surface area contributed by atoms with E-state index in [4.69, 9.17) is 9.52 Å². The highest BCUT2D eigenvalue weighted by molar-refractivity contribution is 7.13. The predicted molar refractivity (Wildman–Crippen MR) is 132 cm³/mol. The molecule has 0 spiro atoms. The van der Waals surface area contributed by atoms with Gasteiger partial charge in [0, 0.05) is 22.5 Å².